The third kappa shape index (κ3) is 2.78. The van der Waals surface area contributed by atoms with Crippen LogP contribution < -0.4 is 0 Å². The molecule has 0 saturated carbocycles. The van der Waals surface area contributed by atoms with Crippen molar-refractivity contribution in [2.45, 2.75) is 38.8 Å². The van der Waals surface area contributed by atoms with Crippen LogP contribution in [0.2, 0.25) is 0 Å². The summed E-state index contributed by atoms with van der Waals surface area (Å²) in [4.78, 5) is 13.5. The van der Waals surface area contributed by atoms with Gasteiger partial charge in [0, 0.05) is 6.04 Å². The Hall–Kier alpha value is -1.42. The fourth-order valence-electron chi connectivity index (χ4n) is 3.06. The van der Waals surface area contributed by atoms with Gasteiger partial charge in [0.15, 0.2) is 0 Å². The van der Waals surface area contributed by atoms with Gasteiger partial charge in [-0.25, -0.2) is 4.39 Å². The van der Waals surface area contributed by atoms with E-state index in [9.17, 15) is 14.3 Å². The van der Waals surface area contributed by atoms with Crippen molar-refractivity contribution in [1.29, 1.82) is 0 Å². The Bertz CT molecular complexity index is 446. The van der Waals surface area contributed by atoms with Crippen LogP contribution in [0.25, 0.3) is 0 Å². The maximum absolute atomic E-state index is 13.0. The van der Waals surface area contributed by atoms with E-state index >= 15 is 0 Å². The van der Waals surface area contributed by atoms with Crippen molar-refractivity contribution >= 4 is 5.97 Å². The number of carboxylic acids is 1. The van der Waals surface area contributed by atoms with Gasteiger partial charge < -0.3 is 5.11 Å². The number of rotatable bonds is 4. The van der Waals surface area contributed by atoms with Gasteiger partial charge in [-0.3, -0.25) is 9.69 Å². The molecule has 1 aromatic rings. The lowest BCUT2D eigenvalue weighted by Crippen LogP contribution is -2.41. The van der Waals surface area contributed by atoms with Gasteiger partial charge in [-0.1, -0.05) is 26.0 Å². The van der Waals surface area contributed by atoms with Crippen molar-refractivity contribution in [2.24, 2.45) is 5.92 Å². The van der Waals surface area contributed by atoms with E-state index in [1.165, 1.54) is 12.1 Å². The Balaban J connectivity index is 2.26. The highest BCUT2D eigenvalue weighted by molar-refractivity contribution is 5.74. The van der Waals surface area contributed by atoms with E-state index < -0.39 is 12.0 Å². The molecule has 3 nitrogen and oxygen atoms in total. The van der Waals surface area contributed by atoms with Crippen molar-refractivity contribution in [2.75, 3.05) is 6.54 Å². The molecule has 0 aromatic heterocycles. The predicted molar refractivity (Wildman–Crippen MR) is 71.3 cm³/mol. The normalized spacial score (nSPS) is 25.4. The van der Waals surface area contributed by atoms with E-state index in [4.69, 9.17) is 0 Å². The van der Waals surface area contributed by atoms with Crippen LogP contribution in [0.3, 0.4) is 0 Å². The third-order valence-electron chi connectivity index (χ3n) is 4.03. The number of benzene rings is 1. The molecule has 0 spiro atoms. The first kappa shape index (κ1) is 14.0. The number of halogens is 1. The Labute approximate surface area is 113 Å². The van der Waals surface area contributed by atoms with E-state index in [1.54, 1.807) is 12.1 Å². The summed E-state index contributed by atoms with van der Waals surface area (Å²) in [7, 11) is 0. The van der Waals surface area contributed by atoms with Crippen LogP contribution in [0, 0.1) is 11.7 Å². The fraction of sp³-hybridized carbons (Fsp3) is 0.533. The monoisotopic (exact) mass is 265 g/mol. The van der Waals surface area contributed by atoms with Gasteiger partial charge in [0.1, 0.15) is 11.9 Å². The van der Waals surface area contributed by atoms with Crippen LogP contribution >= 0.6 is 0 Å². The molecule has 3 atom stereocenters. The van der Waals surface area contributed by atoms with Crippen LogP contribution in [0.5, 0.6) is 0 Å². The second-order valence-electron chi connectivity index (χ2n) is 5.26. The fourth-order valence-corrected chi connectivity index (χ4v) is 3.06. The molecule has 1 heterocycles. The highest BCUT2D eigenvalue weighted by Crippen LogP contribution is 2.34. The zero-order valence-electron chi connectivity index (χ0n) is 11.3. The lowest BCUT2D eigenvalue weighted by molar-refractivity contribution is -0.144. The smallest absolute Gasteiger partial charge is 0.321 e. The first-order valence-electron chi connectivity index (χ1n) is 6.78. The average molecular weight is 265 g/mol. The van der Waals surface area contributed by atoms with Crippen molar-refractivity contribution < 1.29 is 14.3 Å². The molecule has 104 valence electrons. The summed E-state index contributed by atoms with van der Waals surface area (Å²) in [6, 6.07) is 6.00. The van der Waals surface area contributed by atoms with E-state index in [1.807, 2.05) is 18.7 Å². The van der Waals surface area contributed by atoms with Gasteiger partial charge >= 0.3 is 5.97 Å². The molecule has 4 heteroatoms. The molecule has 1 N–H and O–H groups in total. The molecule has 0 radical (unpaired) electrons. The van der Waals surface area contributed by atoms with Gasteiger partial charge in [-0.05, 0) is 43.0 Å². The molecule has 1 saturated heterocycles. The summed E-state index contributed by atoms with van der Waals surface area (Å²) >= 11 is 0. The molecule has 3 unspecified atom stereocenters. The Morgan fingerprint density at radius 2 is 2.11 bits per heavy atom. The third-order valence-corrected chi connectivity index (χ3v) is 4.03. The van der Waals surface area contributed by atoms with Gasteiger partial charge in [0.25, 0.3) is 0 Å². The summed E-state index contributed by atoms with van der Waals surface area (Å²) in [5, 5.41) is 9.39. The minimum Gasteiger partial charge on any atom is -0.480 e. The largest absolute Gasteiger partial charge is 0.480 e. The highest BCUT2D eigenvalue weighted by Gasteiger charge is 2.40. The number of aliphatic carboxylic acids is 1. The first-order chi connectivity index (χ1) is 9.04. The number of carboxylic acid groups (broad SMARTS) is 1. The molecule has 0 aliphatic carbocycles. The maximum Gasteiger partial charge on any atom is 0.321 e. The SMILES string of the molecule is CCC(c1ccc(F)cc1)N1CCC(C)C1C(=O)O. The summed E-state index contributed by atoms with van der Waals surface area (Å²) in [6.45, 7) is 4.81. The van der Waals surface area contributed by atoms with Gasteiger partial charge in [-0.2, -0.15) is 0 Å². The minimum absolute atomic E-state index is 0.0478. The molecule has 1 fully saturated rings. The molecule has 0 amide bonds. The summed E-state index contributed by atoms with van der Waals surface area (Å²) < 4.78 is 13.0. The number of nitrogens with zero attached hydrogens (tertiary/aromatic N) is 1. The van der Waals surface area contributed by atoms with Crippen molar-refractivity contribution in [3.8, 4) is 0 Å². The van der Waals surface area contributed by atoms with Gasteiger partial charge in [0.2, 0.25) is 0 Å². The van der Waals surface area contributed by atoms with Crippen LogP contribution in [-0.2, 0) is 4.79 Å². The van der Waals surface area contributed by atoms with Crippen LogP contribution in [-0.4, -0.2) is 28.6 Å². The summed E-state index contributed by atoms with van der Waals surface area (Å²) in [6.07, 6.45) is 1.72. The molecule has 1 aliphatic rings. The Morgan fingerprint density at radius 3 is 2.63 bits per heavy atom. The lowest BCUT2D eigenvalue weighted by Gasteiger charge is -2.31. The van der Waals surface area contributed by atoms with Crippen molar-refractivity contribution in [1.82, 2.24) is 4.90 Å². The molecule has 1 aliphatic heterocycles. The highest BCUT2D eigenvalue weighted by atomic mass is 19.1. The number of hydrogen-bond acceptors (Lipinski definition) is 2. The topological polar surface area (TPSA) is 40.5 Å². The second kappa shape index (κ2) is 5.70. The van der Waals surface area contributed by atoms with Crippen LogP contribution in [0.15, 0.2) is 24.3 Å². The maximum atomic E-state index is 13.0. The molecular formula is C15H20FNO2. The molecular weight excluding hydrogens is 245 g/mol. The Morgan fingerprint density at radius 1 is 1.47 bits per heavy atom. The number of hydrogen-bond donors (Lipinski definition) is 1. The molecule has 1 aromatic carbocycles. The zero-order valence-corrected chi connectivity index (χ0v) is 11.3. The number of likely N-dealkylation sites (tertiary alicyclic amines) is 1. The lowest BCUT2D eigenvalue weighted by atomic mass is 9.99. The molecule has 19 heavy (non-hydrogen) atoms. The van der Waals surface area contributed by atoms with E-state index in [0.717, 1.165) is 24.9 Å². The van der Waals surface area contributed by atoms with E-state index in [-0.39, 0.29) is 17.8 Å². The van der Waals surface area contributed by atoms with Gasteiger partial charge in [-0.15, -0.1) is 0 Å². The summed E-state index contributed by atoms with van der Waals surface area (Å²) in [5.41, 5.74) is 0.990. The molecule has 2 rings (SSSR count). The average Bonchev–Trinajstić information content (AvgIpc) is 2.75. The zero-order chi connectivity index (χ0) is 14.0. The number of carbonyl (C=O) groups is 1. The first-order valence-corrected chi connectivity index (χ1v) is 6.78. The van der Waals surface area contributed by atoms with Crippen molar-refractivity contribution in [3.63, 3.8) is 0 Å². The quantitative estimate of drug-likeness (QED) is 0.909. The standard InChI is InChI=1S/C15H20FNO2/c1-3-13(11-4-6-12(16)7-5-11)17-9-8-10(2)14(17)15(18)19/h4-7,10,13-14H,3,8-9H2,1-2H3,(H,18,19). The van der Waals surface area contributed by atoms with Gasteiger partial charge in [0.05, 0.1) is 0 Å². The van der Waals surface area contributed by atoms with E-state index in [2.05, 4.69) is 0 Å². The van der Waals surface area contributed by atoms with Crippen LogP contribution in [0.1, 0.15) is 38.3 Å². The second-order valence-corrected chi connectivity index (χ2v) is 5.26. The van der Waals surface area contributed by atoms with Crippen molar-refractivity contribution in [3.05, 3.63) is 35.6 Å². The molecule has 0 bridgehead atoms. The van der Waals surface area contributed by atoms with Crippen LogP contribution in [0.4, 0.5) is 4.39 Å². The predicted octanol–water partition coefficient (Wildman–Crippen LogP) is 3.07. The minimum atomic E-state index is -0.759. The van der Waals surface area contributed by atoms with E-state index in [0.29, 0.717) is 0 Å². The Kier molecular flexibility index (Phi) is 4.20. The summed E-state index contributed by atoms with van der Waals surface area (Å²) in [5.74, 6) is -0.860.